The number of nitrogens with one attached hydrogen (secondary N) is 3. The molecule has 4 N–H and O–H groups in total. The molecule has 0 radical (unpaired) electrons. The highest BCUT2D eigenvalue weighted by Gasteiger charge is 2.41. The SMILES string of the molecule is O=C(O)NCCOc1cc(Nc2ccc(CNC(=O)OCc3ccccc3)cc2)ccc1N1CCC(C(F)(F)F)CC1. The van der Waals surface area contributed by atoms with Crippen molar-refractivity contribution in [3.05, 3.63) is 83.9 Å². The highest BCUT2D eigenvalue weighted by Crippen LogP contribution is 2.39. The van der Waals surface area contributed by atoms with E-state index in [4.69, 9.17) is 14.6 Å². The quantitative estimate of drug-likeness (QED) is 0.196. The number of amides is 2. The summed E-state index contributed by atoms with van der Waals surface area (Å²) in [7, 11) is 0. The normalized spacial score (nSPS) is 13.7. The summed E-state index contributed by atoms with van der Waals surface area (Å²) in [6, 6.07) is 22.1. The number of benzene rings is 3. The van der Waals surface area contributed by atoms with Crippen LogP contribution in [0.25, 0.3) is 0 Å². The molecule has 0 atom stereocenters. The Labute approximate surface area is 241 Å². The van der Waals surface area contributed by atoms with E-state index in [0.29, 0.717) is 17.1 Å². The molecule has 1 heterocycles. The second-order valence-corrected chi connectivity index (χ2v) is 9.80. The van der Waals surface area contributed by atoms with Crippen molar-refractivity contribution in [2.24, 2.45) is 5.92 Å². The Balaban J connectivity index is 1.35. The lowest BCUT2D eigenvalue weighted by Crippen LogP contribution is -2.39. The van der Waals surface area contributed by atoms with Crippen LogP contribution in [-0.4, -0.2) is 49.7 Å². The number of nitrogens with zero attached hydrogens (tertiary/aromatic N) is 1. The van der Waals surface area contributed by atoms with Gasteiger partial charge >= 0.3 is 18.4 Å². The molecule has 2 amide bonds. The van der Waals surface area contributed by atoms with Gasteiger partial charge in [-0.3, -0.25) is 0 Å². The van der Waals surface area contributed by atoms with E-state index in [-0.39, 0.29) is 52.2 Å². The van der Waals surface area contributed by atoms with Crippen LogP contribution in [0.5, 0.6) is 5.75 Å². The molecule has 9 nitrogen and oxygen atoms in total. The number of hydrogen-bond donors (Lipinski definition) is 4. The van der Waals surface area contributed by atoms with E-state index in [1.165, 1.54) is 0 Å². The fourth-order valence-electron chi connectivity index (χ4n) is 4.56. The van der Waals surface area contributed by atoms with Gasteiger partial charge in [-0.15, -0.1) is 0 Å². The zero-order valence-electron chi connectivity index (χ0n) is 22.8. The fraction of sp³-hybridized carbons (Fsp3) is 0.333. The van der Waals surface area contributed by atoms with Crippen molar-refractivity contribution in [2.75, 3.05) is 36.5 Å². The van der Waals surface area contributed by atoms with Crippen LogP contribution >= 0.6 is 0 Å². The Morgan fingerprint density at radius 2 is 1.60 bits per heavy atom. The number of rotatable bonds is 11. The molecule has 1 fully saturated rings. The van der Waals surface area contributed by atoms with Crippen molar-refractivity contribution in [3.8, 4) is 5.75 Å². The minimum atomic E-state index is -4.21. The van der Waals surface area contributed by atoms with Gasteiger partial charge in [0.1, 0.15) is 19.0 Å². The maximum Gasteiger partial charge on any atom is 0.407 e. The van der Waals surface area contributed by atoms with Crippen LogP contribution in [0.3, 0.4) is 0 Å². The number of ether oxygens (including phenoxy) is 2. The standard InChI is InChI=1S/C30H33F3N4O5/c31-30(32,33)23-12-15-37(16-13-23)26-11-10-25(18-27(26)41-17-14-34-28(38)39)36-24-8-6-21(7-9-24)19-35-29(40)42-20-22-4-2-1-3-5-22/h1-11,18,23,34,36H,12-17,19-20H2,(H,35,40)(H,38,39). The Morgan fingerprint density at radius 1 is 0.905 bits per heavy atom. The van der Waals surface area contributed by atoms with E-state index in [9.17, 15) is 22.8 Å². The van der Waals surface area contributed by atoms with Crippen molar-refractivity contribution in [1.29, 1.82) is 0 Å². The lowest BCUT2D eigenvalue weighted by molar-refractivity contribution is -0.179. The summed E-state index contributed by atoms with van der Waals surface area (Å²) < 4.78 is 50.5. The van der Waals surface area contributed by atoms with Gasteiger partial charge in [-0.2, -0.15) is 13.2 Å². The van der Waals surface area contributed by atoms with Gasteiger partial charge in [0.2, 0.25) is 0 Å². The van der Waals surface area contributed by atoms with Crippen LogP contribution in [-0.2, 0) is 17.9 Å². The fourth-order valence-corrected chi connectivity index (χ4v) is 4.56. The van der Waals surface area contributed by atoms with Gasteiger partial charge in [0.25, 0.3) is 0 Å². The van der Waals surface area contributed by atoms with E-state index in [0.717, 1.165) is 16.8 Å². The monoisotopic (exact) mass is 586 g/mol. The number of carbonyl (C=O) groups is 2. The summed E-state index contributed by atoms with van der Waals surface area (Å²) in [5.74, 6) is -0.885. The van der Waals surface area contributed by atoms with Gasteiger partial charge in [-0.05, 0) is 48.2 Å². The van der Waals surface area contributed by atoms with Gasteiger partial charge < -0.3 is 35.4 Å². The molecule has 0 bridgehead atoms. The number of piperidine rings is 1. The molecule has 3 aromatic rings. The zero-order valence-corrected chi connectivity index (χ0v) is 22.8. The first-order valence-electron chi connectivity index (χ1n) is 13.5. The summed E-state index contributed by atoms with van der Waals surface area (Å²) in [5, 5.41) is 17.0. The number of alkyl carbamates (subject to hydrolysis) is 1. The molecular weight excluding hydrogens is 553 g/mol. The highest BCUT2D eigenvalue weighted by atomic mass is 19.4. The van der Waals surface area contributed by atoms with Crippen LogP contribution in [0.4, 0.5) is 39.8 Å². The summed E-state index contributed by atoms with van der Waals surface area (Å²) in [4.78, 5) is 24.6. The van der Waals surface area contributed by atoms with Gasteiger partial charge in [0, 0.05) is 37.1 Å². The maximum absolute atomic E-state index is 13.1. The third-order valence-electron chi connectivity index (χ3n) is 6.79. The first-order chi connectivity index (χ1) is 20.2. The zero-order chi connectivity index (χ0) is 30.0. The average Bonchev–Trinajstić information content (AvgIpc) is 2.98. The third kappa shape index (κ3) is 9.22. The molecule has 0 spiro atoms. The Hall–Kier alpha value is -4.61. The van der Waals surface area contributed by atoms with Crippen LogP contribution < -0.4 is 25.6 Å². The lowest BCUT2D eigenvalue weighted by atomic mass is 9.96. The number of alkyl halides is 3. The smallest absolute Gasteiger partial charge is 0.407 e. The molecule has 1 aliphatic heterocycles. The van der Waals surface area contributed by atoms with Crippen molar-refractivity contribution in [2.45, 2.75) is 32.2 Å². The lowest BCUT2D eigenvalue weighted by Gasteiger charge is -2.35. The minimum Gasteiger partial charge on any atom is -0.489 e. The van der Waals surface area contributed by atoms with Crippen molar-refractivity contribution >= 4 is 29.2 Å². The molecule has 0 unspecified atom stereocenters. The molecule has 12 heteroatoms. The minimum absolute atomic E-state index is 0.00450. The number of carbonyl (C=O) groups excluding carboxylic acids is 1. The number of carboxylic acid groups (broad SMARTS) is 1. The van der Waals surface area contributed by atoms with Crippen molar-refractivity contribution in [1.82, 2.24) is 10.6 Å². The molecule has 4 rings (SSSR count). The molecule has 0 saturated carbocycles. The Kier molecular flexibility index (Phi) is 10.4. The summed E-state index contributed by atoms with van der Waals surface area (Å²) in [5.41, 5.74) is 3.86. The Morgan fingerprint density at radius 3 is 2.26 bits per heavy atom. The third-order valence-corrected chi connectivity index (χ3v) is 6.79. The predicted octanol–water partition coefficient (Wildman–Crippen LogP) is 6.28. The van der Waals surface area contributed by atoms with E-state index in [1.807, 2.05) is 65.6 Å². The number of anilines is 3. The van der Waals surface area contributed by atoms with Crippen LogP contribution in [0.15, 0.2) is 72.8 Å². The maximum atomic E-state index is 13.1. The van der Waals surface area contributed by atoms with Gasteiger partial charge in [-0.1, -0.05) is 42.5 Å². The van der Waals surface area contributed by atoms with Crippen LogP contribution in [0, 0.1) is 5.92 Å². The summed E-state index contributed by atoms with van der Waals surface area (Å²) in [6.45, 7) is 1.04. The summed E-state index contributed by atoms with van der Waals surface area (Å²) >= 11 is 0. The molecular formula is C30H33F3N4O5. The van der Waals surface area contributed by atoms with E-state index < -0.39 is 24.3 Å². The Bertz CT molecular complexity index is 1310. The first kappa shape index (κ1) is 30.4. The second-order valence-electron chi connectivity index (χ2n) is 9.80. The average molecular weight is 587 g/mol. The van der Waals surface area contributed by atoms with Gasteiger partial charge in [0.05, 0.1) is 18.2 Å². The highest BCUT2D eigenvalue weighted by molar-refractivity contribution is 5.70. The topological polar surface area (TPSA) is 112 Å². The molecule has 0 aliphatic carbocycles. The molecule has 3 aromatic carbocycles. The first-order valence-corrected chi connectivity index (χ1v) is 13.5. The van der Waals surface area contributed by atoms with E-state index in [1.54, 1.807) is 12.1 Å². The molecule has 0 aromatic heterocycles. The van der Waals surface area contributed by atoms with E-state index >= 15 is 0 Å². The second kappa shape index (κ2) is 14.3. The largest absolute Gasteiger partial charge is 0.489 e. The molecule has 1 saturated heterocycles. The molecule has 42 heavy (non-hydrogen) atoms. The molecule has 1 aliphatic rings. The van der Waals surface area contributed by atoms with Gasteiger partial charge in [-0.25, -0.2) is 9.59 Å². The molecule has 224 valence electrons. The number of halogens is 3. The predicted molar refractivity (Wildman–Crippen MR) is 152 cm³/mol. The van der Waals surface area contributed by atoms with Crippen molar-refractivity contribution < 1.29 is 37.3 Å². The van der Waals surface area contributed by atoms with Crippen LogP contribution in [0.2, 0.25) is 0 Å². The van der Waals surface area contributed by atoms with Gasteiger partial charge in [0.15, 0.2) is 0 Å². The summed E-state index contributed by atoms with van der Waals surface area (Å²) in [6.07, 6.45) is -5.91. The van der Waals surface area contributed by atoms with E-state index in [2.05, 4.69) is 16.0 Å². The van der Waals surface area contributed by atoms with Crippen LogP contribution in [0.1, 0.15) is 24.0 Å². The number of hydrogen-bond acceptors (Lipinski definition) is 6. The van der Waals surface area contributed by atoms with Crippen molar-refractivity contribution in [3.63, 3.8) is 0 Å².